The average molecular weight is 345 g/mol. The number of rotatable bonds is 6. The minimum Gasteiger partial charge on any atom is -0.443 e. The Bertz CT molecular complexity index is 362. The molecule has 1 atom stereocenters. The van der Waals surface area contributed by atoms with Gasteiger partial charge in [0.05, 0.1) is 8.80 Å². The van der Waals surface area contributed by atoms with Crippen LogP contribution in [0.4, 0.5) is 35.5 Å². The van der Waals surface area contributed by atoms with Gasteiger partial charge in [0.2, 0.25) is 0 Å². The van der Waals surface area contributed by atoms with Crippen LogP contribution in [0.3, 0.4) is 0 Å². The van der Waals surface area contributed by atoms with E-state index in [9.17, 15) is 35.5 Å². The Morgan fingerprint density at radius 3 is 1.95 bits per heavy atom. The molecule has 0 aliphatic carbocycles. The van der Waals surface area contributed by atoms with E-state index in [0.29, 0.717) is 0 Å². The van der Waals surface area contributed by atoms with E-state index in [2.05, 4.69) is 4.74 Å². The predicted octanol–water partition coefficient (Wildman–Crippen LogP) is 2.54. The molecule has 0 aliphatic heterocycles. The maximum atomic E-state index is 12.8. The molecule has 1 unspecified atom stereocenters. The highest BCUT2D eigenvalue weighted by atomic mass is 28.3. The van der Waals surface area contributed by atoms with Crippen LogP contribution in [0.15, 0.2) is 0 Å². The molecule has 0 bridgehead atoms. The molecule has 1 amide bonds. The van der Waals surface area contributed by atoms with Gasteiger partial charge in [-0.2, -0.15) is 30.7 Å². The van der Waals surface area contributed by atoms with E-state index in [1.807, 2.05) is 5.32 Å². The van der Waals surface area contributed by atoms with Crippen molar-refractivity contribution in [1.82, 2.24) is 5.32 Å². The molecule has 0 saturated carbocycles. The number of nitrogens with one attached hydrogen (secondary N) is 1. The van der Waals surface area contributed by atoms with Crippen LogP contribution in [0, 0.1) is 0 Å². The highest BCUT2D eigenvalue weighted by Gasteiger charge is 2.73. The molecule has 0 aromatic rings. The molecule has 4 nitrogen and oxygen atoms in total. The van der Waals surface area contributed by atoms with Crippen molar-refractivity contribution in [3.05, 3.63) is 0 Å². The summed E-state index contributed by atoms with van der Waals surface area (Å²) in [5.74, 6) is -12.7. The minimum absolute atomic E-state index is 0.839. The maximum Gasteiger partial charge on any atom is 0.460 e. The van der Waals surface area contributed by atoms with Crippen molar-refractivity contribution in [2.24, 2.45) is 0 Å². The molecule has 21 heavy (non-hydrogen) atoms. The van der Waals surface area contributed by atoms with Gasteiger partial charge < -0.3 is 9.47 Å². The first-order chi connectivity index (χ1) is 9.26. The number of methoxy groups -OCH3 is 1. The number of carbonyl (C=O) groups is 1. The lowest BCUT2D eigenvalue weighted by molar-refractivity contribution is -0.359. The van der Waals surface area contributed by atoms with Gasteiger partial charge in [-0.1, -0.05) is 13.1 Å². The number of hydrogen-bond acceptors (Lipinski definition) is 3. The van der Waals surface area contributed by atoms with Crippen molar-refractivity contribution >= 4 is 14.9 Å². The van der Waals surface area contributed by atoms with Crippen molar-refractivity contribution in [3.8, 4) is 0 Å². The molecule has 0 aromatic carbocycles. The zero-order valence-corrected chi connectivity index (χ0v) is 12.4. The fourth-order valence-corrected chi connectivity index (χ4v) is 2.12. The van der Waals surface area contributed by atoms with Gasteiger partial charge in [0.25, 0.3) is 0 Å². The van der Waals surface area contributed by atoms with Crippen LogP contribution in [0.1, 0.15) is 0 Å². The number of alkyl carbamates (subject to hydrolysis) is 1. The summed E-state index contributed by atoms with van der Waals surface area (Å²) in [4.78, 5) is 11.1. The van der Waals surface area contributed by atoms with Crippen molar-refractivity contribution in [3.63, 3.8) is 0 Å². The van der Waals surface area contributed by atoms with Gasteiger partial charge in [0.15, 0.2) is 6.61 Å². The number of amides is 1. The molecule has 0 saturated heterocycles. The highest BCUT2D eigenvalue weighted by molar-refractivity contribution is 6.57. The van der Waals surface area contributed by atoms with Gasteiger partial charge in [0, 0.05) is 7.11 Å². The zero-order chi connectivity index (χ0) is 17.1. The summed E-state index contributed by atoms with van der Waals surface area (Å²) in [7, 11) is -0.421. The van der Waals surface area contributed by atoms with Crippen molar-refractivity contribution in [2.45, 2.75) is 37.0 Å². The quantitative estimate of drug-likeness (QED) is 0.457. The lowest BCUT2D eigenvalue weighted by Crippen LogP contribution is -2.55. The first-order valence-electron chi connectivity index (χ1n) is 5.54. The second kappa shape index (κ2) is 6.81. The van der Waals surface area contributed by atoms with Crippen molar-refractivity contribution in [2.75, 3.05) is 13.7 Å². The van der Waals surface area contributed by atoms with E-state index in [1.165, 1.54) is 7.11 Å². The van der Waals surface area contributed by atoms with Gasteiger partial charge in [-0.25, -0.2) is 4.79 Å². The van der Waals surface area contributed by atoms with Crippen LogP contribution in [0.5, 0.6) is 0 Å². The summed E-state index contributed by atoms with van der Waals surface area (Å²) in [5.41, 5.74) is 0. The monoisotopic (exact) mass is 345 g/mol. The van der Waals surface area contributed by atoms with E-state index < -0.39 is 45.4 Å². The lowest BCUT2D eigenvalue weighted by atomic mass is 10.2. The van der Waals surface area contributed by atoms with Crippen molar-refractivity contribution < 1.29 is 45.0 Å². The highest BCUT2D eigenvalue weighted by Crippen LogP contribution is 2.46. The SMILES string of the molecule is COC(NC(=O)OCC(F)(F)C(F)(F)C(F)(F)F)[SiH](C)C. The van der Waals surface area contributed by atoms with Gasteiger partial charge in [0.1, 0.15) is 5.85 Å². The van der Waals surface area contributed by atoms with Gasteiger partial charge in [-0.15, -0.1) is 0 Å². The van der Waals surface area contributed by atoms with Crippen LogP contribution in [-0.2, 0) is 9.47 Å². The zero-order valence-electron chi connectivity index (χ0n) is 11.2. The first-order valence-corrected chi connectivity index (χ1v) is 8.52. The molecule has 1 N–H and O–H groups in total. The summed E-state index contributed by atoms with van der Waals surface area (Å²) in [6.45, 7) is 1.00. The normalized spacial score (nSPS) is 15.0. The Morgan fingerprint density at radius 2 is 1.62 bits per heavy atom. The standard InChI is InChI=1S/C9H14F7NO3Si/c1-19-6(21(2)3)17-5(18)20-4-7(10,11)8(12,13)9(14,15)16/h6,21H,4H2,1-3H3,(H,17,18). The van der Waals surface area contributed by atoms with Gasteiger partial charge in [-0.3, -0.25) is 5.32 Å². The number of ether oxygens (including phenoxy) is 2. The summed E-state index contributed by atoms with van der Waals surface area (Å²) in [6, 6.07) is 0. The fraction of sp³-hybridized carbons (Fsp3) is 0.889. The maximum absolute atomic E-state index is 12.8. The predicted molar refractivity (Wildman–Crippen MR) is 60.1 cm³/mol. The van der Waals surface area contributed by atoms with E-state index in [1.54, 1.807) is 13.1 Å². The number of hydrogen-bond donors (Lipinski definition) is 1. The van der Waals surface area contributed by atoms with Crippen LogP contribution in [0.25, 0.3) is 0 Å². The van der Waals surface area contributed by atoms with E-state index in [0.717, 1.165) is 0 Å². The molecular formula is C9H14F7NO3Si. The molecule has 126 valence electrons. The van der Waals surface area contributed by atoms with Crippen LogP contribution in [-0.4, -0.2) is 52.5 Å². The van der Waals surface area contributed by atoms with Crippen LogP contribution >= 0.6 is 0 Å². The molecule has 0 radical (unpaired) electrons. The molecule has 0 fully saturated rings. The Balaban J connectivity index is 4.67. The third-order valence-electron chi connectivity index (χ3n) is 2.32. The number of carbonyl (C=O) groups excluding carboxylic acids is 1. The second-order valence-electron chi connectivity index (χ2n) is 4.40. The molecule has 0 aromatic heterocycles. The first kappa shape index (κ1) is 20.0. The average Bonchev–Trinajstić information content (AvgIpc) is 2.31. The summed E-state index contributed by atoms with van der Waals surface area (Å²) < 4.78 is 94.7. The van der Waals surface area contributed by atoms with E-state index >= 15 is 0 Å². The third kappa shape index (κ3) is 5.02. The van der Waals surface area contributed by atoms with Crippen LogP contribution in [0.2, 0.25) is 13.1 Å². The third-order valence-corrected chi connectivity index (χ3v) is 3.97. The summed E-state index contributed by atoms with van der Waals surface area (Å²) >= 11 is 0. The molecule has 0 aliphatic rings. The Morgan fingerprint density at radius 1 is 1.14 bits per heavy atom. The molecule has 0 spiro atoms. The van der Waals surface area contributed by atoms with E-state index in [-0.39, 0.29) is 0 Å². The second-order valence-corrected chi connectivity index (χ2v) is 7.49. The molecule has 0 rings (SSSR count). The topological polar surface area (TPSA) is 47.6 Å². The van der Waals surface area contributed by atoms with Crippen LogP contribution < -0.4 is 5.32 Å². The molecule has 12 heteroatoms. The lowest BCUT2D eigenvalue weighted by Gasteiger charge is -2.28. The van der Waals surface area contributed by atoms with Gasteiger partial charge >= 0.3 is 24.1 Å². The summed E-state index contributed by atoms with van der Waals surface area (Å²) in [5, 5.41) is 1.95. The number of halogens is 7. The molecular weight excluding hydrogens is 331 g/mol. The Kier molecular flexibility index (Phi) is 6.47. The number of alkyl halides is 7. The smallest absolute Gasteiger partial charge is 0.443 e. The summed E-state index contributed by atoms with van der Waals surface area (Å²) in [6.07, 6.45) is -8.03. The van der Waals surface area contributed by atoms with Gasteiger partial charge in [-0.05, 0) is 0 Å². The minimum atomic E-state index is -6.46. The Labute approximate surface area is 117 Å². The molecule has 0 heterocycles. The van der Waals surface area contributed by atoms with Crippen molar-refractivity contribution in [1.29, 1.82) is 0 Å². The van der Waals surface area contributed by atoms with E-state index in [4.69, 9.17) is 4.74 Å². The Hall–Kier alpha value is -1.04. The fourth-order valence-electron chi connectivity index (χ4n) is 1.11. The largest absolute Gasteiger partial charge is 0.460 e.